The van der Waals surface area contributed by atoms with Gasteiger partial charge in [-0.2, -0.15) is 0 Å². The molecule has 0 bridgehead atoms. The fraction of sp³-hybridized carbons (Fsp3) is 0.286. The first-order valence-electron chi connectivity index (χ1n) is 8.41. The van der Waals surface area contributed by atoms with Crippen molar-refractivity contribution in [2.75, 3.05) is 18.0 Å². The Kier molecular flexibility index (Phi) is 4.70. The van der Waals surface area contributed by atoms with E-state index in [0.717, 1.165) is 13.0 Å². The summed E-state index contributed by atoms with van der Waals surface area (Å²) >= 11 is 0. The summed E-state index contributed by atoms with van der Waals surface area (Å²) < 4.78 is 0. The topological polar surface area (TPSA) is 32.3 Å². The summed E-state index contributed by atoms with van der Waals surface area (Å²) in [7, 11) is 0. The number of rotatable bonds is 4. The molecule has 124 valence electrons. The minimum absolute atomic E-state index is 0.105. The van der Waals surface area contributed by atoms with Crippen LogP contribution in [-0.2, 0) is 11.2 Å². The van der Waals surface area contributed by atoms with E-state index < -0.39 is 0 Å². The first kappa shape index (κ1) is 16.3. The van der Waals surface area contributed by atoms with E-state index >= 15 is 0 Å². The maximum absolute atomic E-state index is 11.5. The van der Waals surface area contributed by atoms with Gasteiger partial charge in [-0.3, -0.25) is 4.79 Å². The van der Waals surface area contributed by atoms with E-state index in [2.05, 4.69) is 73.1 Å². The standard InChI is InChI=1S/C21H24N2O/c1-4-21(24)22-13-17-12-18-7-5-6-8-20(18)23(14-17)19-10-9-15(2)11-16(19)3/h4-11,17H,1,12-14H2,2-3H3,(H,22,24). The molecule has 24 heavy (non-hydrogen) atoms. The van der Waals surface area contributed by atoms with Crippen LogP contribution in [-0.4, -0.2) is 19.0 Å². The van der Waals surface area contributed by atoms with Crippen molar-refractivity contribution in [3.8, 4) is 0 Å². The molecule has 0 spiro atoms. The lowest BCUT2D eigenvalue weighted by atomic mass is 9.91. The van der Waals surface area contributed by atoms with E-state index in [1.165, 1.54) is 34.1 Å². The molecule has 2 aromatic rings. The molecule has 0 radical (unpaired) electrons. The van der Waals surface area contributed by atoms with Gasteiger partial charge in [-0.25, -0.2) is 0 Å². The Hall–Kier alpha value is -2.55. The Morgan fingerprint density at radius 1 is 1.25 bits per heavy atom. The van der Waals surface area contributed by atoms with Crippen LogP contribution in [0.15, 0.2) is 55.1 Å². The fourth-order valence-corrected chi connectivity index (χ4v) is 3.47. The molecule has 1 aliphatic heterocycles. The zero-order valence-electron chi connectivity index (χ0n) is 14.4. The lowest BCUT2D eigenvalue weighted by molar-refractivity contribution is -0.116. The smallest absolute Gasteiger partial charge is 0.243 e. The predicted molar refractivity (Wildman–Crippen MR) is 99.8 cm³/mol. The number of nitrogens with zero attached hydrogens (tertiary/aromatic N) is 1. The zero-order valence-corrected chi connectivity index (χ0v) is 14.4. The van der Waals surface area contributed by atoms with Crippen LogP contribution < -0.4 is 10.2 Å². The quantitative estimate of drug-likeness (QED) is 0.866. The van der Waals surface area contributed by atoms with E-state index in [1.54, 1.807) is 0 Å². The van der Waals surface area contributed by atoms with Gasteiger partial charge in [-0.15, -0.1) is 0 Å². The summed E-state index contributed by atoms with van der Waals surface area (Å²) in [4.78, 5) is 13.9. The third kappa shape index (κ3) is 3.35. The van der Waals surface area contributed by atoms with Gasteiger partial charge in [0.15, 0.2) is 0 Å². The predicted octanol–water partition coefficient (Wildman–Crippen LogP) is 3.92. The first-order chi connectivity index (χ1) is 11.6. The fourth-order valence-electron chi connectivity index (χ4n) is 3.47. The molecule has 0 aliphatic carbocycles. The lowest BCUT2D eigenvalue weighted by Gasteiger charge is -2.37. The number of benzene rings is 2. The van der Waals surface area contributed by atoms with E-state index in [-0.39, 0.29) is 5.91 Å². The molecule has 1 atom stereocenters. The Morgan fingerprint density at radius 3 is 2.79 bits per heavy atom. The van der Waals surface area contributed by atoms with Gasteiger partial charge in [0.1, 0.15) is 0 Å². The van der Waals surface area contributed by atoms with Gasteiger partial charge < -0.3 is 10.2 Å². The minimum Gasteiger partial charge on any atom is -0.352 e. The third-order valence-electron chi connectivity index (χ3n) is 4.63. The summed E-state index contributed by atoms with van der Waals surface area (Å²) in [5.74, 6) is 0.274. The van der Waals surface area contributed by atoms with Crippen molar-refractivity contribution in [2.24, 2.45) is 5.92 Å². The number of carbonyl (C=O) groups excluding carboxylic acids is 1. The van der Waals surface area contributed by atoms with Crippen molar-refractivity contribution in [3.63, 3.8) is 0 Å². The lowest BCUT2D eigenvalue weighted by Crippen LogP contribution is -2.39. The van der Waals surface area contributed by atoms with Crippen LogP contribution in [0, 0.1) is 19.8 Å². The Bertz CT molecular complexity index is 766. The molecule has 2 aromatic carbocycles. The molecular weight excluding hydrogens is 296 g/mol. The summed E-state index contributed by atoms with van der Waals surface area (Å²) in [6.45, 7) is 9.37. The number of anilines is 2. The molecule has 3 rings (SSSR count). The second-order valence-electron chi connectivity index (χ2n) is 6.55. The molecule has 3 heteroatoms. The Labute approximate surface area is 144 Å². The molecule has 1 heterocycles. The van der Waals surface area contributed by atoms with Crippen molar-refractivity contribution in [2.45, 2.75) is 20.3 Å². The number of amides is 1. The SMILES string of the molecule is C=CC(=O)NCC1Cc2ccccc2N(c2ccc(C)cc2C)C1. The van der Waals surface area contributed by atoms with E-state index in [0.29, 0.717) is 12.5 Å². The summed E-state index contributed by atoms with van der Waals surface area (Å²) in [6.07, 6.45) is 2.31. The maximum atomic E-state index is 11.5. The molecule has 1 N–H and O–H groups in total. The van der Waals surface area contributed by atoms with E-state index in [4.69, 9.17) is 0 Å². The number of hydrogen-bond donors (Lipinski definition) is 1. The van der Waals surface area contributed by atoms with Crippen molar-refractivity contribution in [1.82, 2.24) is 5.32 Å². The second kappa shape index (κ2) is 6.91. The van der Waals surface area contributed by atoms with Crippen molar-refractivity contribution in [1.29, 1.82) is 0 Å². The number of para-hydroxylation sites is 1. The molecule has 1 unspecified atom stereocenters. The number of aryl methyl sites for hydroxylation is 2. The molecule has 1 amide bonds. The number of hydrogen-bond acceptors (Lipinski definition) is 2. The molecule has 0 aromatic heterocycles. The molecule has 1 aliphatic rings. The molecule has 0 fully saturated rings. The number of fused-ring (bicyclic) bond motifs is 1. The van der Waals surface area contributed by atoms with Crippen molar-refractivity contribution in [3.05, 3.63) is 71.8 Å². The first-order valence-corrected chi connectivity index (χ1v) is 8.41. The van der Waals surface area contributed by atoms with Gasteiger partial charge in [0.25, 0.3) is 0 Å². The van der Waals surface area contributed by atoms with Gasteiger partial charge in [0.05, 0.1) is 0 Å². The zero-order chi connectivity index (χ0) is 17.1. The summed E-state index contributed by atoms with van der Waals surface area (Å²) in [5, 5.41) is 2.94. The van der Waals surface area contributed by atoms with Crippen LogP contribution in [0.2, 0.25) is 0 Å². The van der Waals surface area contributed by atoms with Crippen LogP contribution in [0.5, 0.6) is 0 Å². The highest BCUT2D eigenvalue weighted by Gasteiger charge is 2.26. The highest BCUT2D eigenvalue weighted by atomic mass is 16.1. The molecule has 3 nitrogen and oxygen atoms in total. The van der Waals surface area contributed by atoms with Crippen LogP contribution >= 0.6 is 0 Å². The average molecular weight is 320 g/mol. The number of nitrogens with one attached hydrogen (secondary N) is 1. The summed E-state index contributed by atoms with van der Waals surface area (Å²) in [6, 6.07) is 15.1. The highest BCUT2D eigenvalue weighted by molar-refractivity contribution is 5.86. The van der Waals surface area contributed by atoms with Gasteiger partial charge in [-0.05, 0) is 55.5 Å². The van der Waals surface area contributed by atoms with Crippen LogP contribution in [0.25, 0.3) is 0 Å². The van der Waals surface area contributed by atoms with Gasteiger partial charge in [-0.1, -0.05) is 42.5 Å². The van der Waals surface area contributed by atoms with Crippen LogP contribution in [0.1, 0.15) is 16.7 Å². The van der Waals surface area contributed by atoms with E-state index in [9.17, 15) is 4.79 Å². The normalized spacial score (nSPS) is 16.4. The maximum Gasteiger partial charge on any atom is 0.243 e. The molecular formula is C21H24N2O. The summed E-state index contributed by atoms with van der Waals surface area (Å²) in [5.41, 5.74) is 6.40. The van der Waals surface area contributed by atoms with Crippen LogP contribution in [0.3, 0.4) is 0 Å². The monoisotopic (exact) mass is 320 g/mol. The van der Waals surface area contributed by atoms with E-state index in [1.807, 2.05) is 0 Å². The van der Waals surface area contributed by atoms with Gasteiger partial charge in [0.2, 0.25) is 5.91 Å². The largest absolute Gasteiger partial charge is 0.352 e. The molecule has 0 saturated heterocycles. The number of carbonyl (C=O) groups is 1. The highest BCUT2D eigenvalue weighted by Crippen LogP contribution is 2.36. The van der Waals surface area contributed by atoms with Gasteiger partial charge >= 0.3 is 0 Å². The van der Waals surface area contributed by atoms with Crippen LogP contribution in [0.4, 0.5) is 11.4 Å². The minimum atomic E-state index is -0.105. The second-order valence-corrected chi connectivity index (χ2v) is 6.55. The Morgan fingerprint density at radius 2 is 2.04 bits per heavy atom. The molecule has 0 saturated carbocycles. The average Bonchev–Trinajstić information content (AvgIpc) is 2.59. The van der Waals surface area contributed by atoms with Crippen molar-refractivity contribution >= 4 is 17.3 Å². The van der Waals surface area contributed by atoms with Crippen molar-refractivity contribution < 1.29 is 4.79 Å². The Balaban J connectivity index is 1.91. The van der Waals surface area contributed by atoms with Gasteiger partial charge in [0, 0.05) is 24.5 Å². The third-order valence-corrected chi connectivity index (χ3v) is 4.63.